The van der Waals surface area contributed by atoms with Crippen LogP contribution < -0.4 is 0 Å². The number of fused-ring (bicyclic) bond motifs is 2. The summed E-state index contributed by atoms with van der Waals surface area (Å²) in [5.74, 6) is 0.211. The molecule has 2 saturated heterocycles. The van der Waals surface area contributed by atoms with Crippen molar-refractivity contribution in [2.24, 2.45) is 0 Å². The van der Waals surface area contributed by atoms with Crippen molar-refractivity contribution >= 4 is 21.7 Å². The van der Waals surface area contributed by atoms with Crippen LogP contribution in [0, 0.1) is 18.3 Å². The summed E-state index contributed by atoms with van der Waals surface area (Å²) >= 11 is 0. The van der Waals surface area contributed by atoms with Crippen LogP contribution in [-0.4, -0.2) is 54.3 Å². The number of Topliss-reactive ketones (excluding diaryl/α,β-unsaturated/α-hetero) is 1. The molecule has 0 radical (unpaired) electrons. The monoisotopic (exact) mass is 451 g/mol. The number of nitrogens with zero attached hydrogens (tertiary/aromatic N) is 3. The number of carbonyl (C=O) groups excluding carboxylic acids is 1. The van der Waals surface area contributed by atoms with Gasteiger partial charge in [-0.3, -0.25) is 9.69 Å². The molecule has 1 aromatic carbocycles. The molecule has 2 fully saturated rings. The zero-order valence-electron chi connectivity index (χ0n) is 18.6. The summed E-state index contributed by atoms with van der Waals surface area (Å²) in [5.41, 5.74) is 3.82. The number of hydrogen-bond acceptors (Lipinski definition) is 5. The predicted octanol–water partition coefficient (Wildman–Crippen LogP) is 3.91. The number of allylic oxidation sites excluding steroid dienone is 1. The average Bonchev–Trinajstić information content (AvgIpc) is 3.43. The van der Waals surface area contributed by atoms with Crippen molar-refractivity contribution in [1.82, 2.24) is 9.47 Å². The van der Waals surface area contributed by atoms with Gasteiger partial charge in [0.25, 0.3) is 0 Å². The summed E-state index contributed by atoms with van der Waals surface area (Å²) in [4.78, 5) is 15.7. The van der Waals surface area contributed by atoms with E-state index in [4.69, 9.17) is 5.26 Å². The molecule has 0 N–H and O–H groups in total. The van der Waals surface area contributed by atoms with Crippen molar-refractivity contribution in [3.8, 4) is 11.8 Å². The van der Waals surface area contributed by atoms with Gasteiger partial charge in [0.1, 0.15) is 9.84 Å². The fraction of sp³-hybridized carbons (Fsp3) is 0.440. The molecule has 4 rings (SSSR count). The van der Waals surface area contributed by atoms with Crippen LogP contribution in [0.1, 0.15) is 59.4 Å². The molecule has 0 saturated carbocycles. The lowest BCUT2D eigenvalue weighted by Gasteiger charge is -2.20. The molecule has 7 heteroatoms. The fourth-order valence-corrected chi connectivity index (χ4v) is 5.64. The van der Waals surface area contributed by atoms with Crippen LogP contribution in [0.25, 0.3) is 11.8 Å². The van der Waals surface area contributed by atoms with E-state index in [-0.39, 0.29) is 11.5 Å². The number of carbonyl (C=O) groups is 1. The smallest absolute Gasteiger partial charge is 0.178 e. The summed E-state index contributed by atoms with van der Waals surface area (Å²) < 4.78 is 24.9. The van der Waals surface area contributed by atoms with Crippen molar-refractivity contribution in [1.29, 1.82) is 5.26 Å². The first kappa shape index (κ1) is 22.5. The first-order valence-electron chi connectivity index (χ1n) is 11.1. The quantitative estimate of drug-likeness (QED) is 0.568. The van der Waals surface area contributed by atoms with Gasteiger partial charge < -0.3 is 4.57 Å². The van der Waals surface area contributed by atoms with E-state index in [0.717, 1.165) is 17.1 Å². The Balaban J connectivity index is 1.64. The van der Waals surface area contributed by atoms with Gasteiger partial charge in [-0.25, -0.2) is 8.42 Å². The van der Waals surface area contributed by atoms with E-state index in [1.165, 1.54) is 31.9 Å². The lowest BCUT2D eigenvalue weighted by atomic mass is 10.0. The molecule has 32 heavy (non-hydrogen) atoms. The van der Waals surface area contributed by atoms with Crippen LogP contribution in [0.2, 0.25) is 0 Å². The highest BCUT2D eigenvalue weighted by Crippen LogP contribution is 2.37. The third-order valence-corrected chi connectivity index (χ3v) is 7.68. The number of nitriles is 1. The average molecular weight is 452 g/mol. The topological polar surface area (TPSA) is 83.2 Å². The summed E-state index contributed by atoms with van der Waals surface area (Å²) in [5, 5.41) is 9.11. The highest BCUT2D eigenvalue weighted by molar-refractivity contribution is 7.90. The Morgan fingerprint density at radius 2 is 1.78 bits per heavy atom. The van der Waals surface area contributed by atoms with Crippen molar-refractivity contribution in [3.05, 3.63) is 58.9 Å². The molecule has 0 atom stereocenters. The normalized spacial score (nSPS) is 20.8. The van der Waals surface area contributed by atoms with Crippen LogP contribution in [0.4, 0.5) is 0 Å². The van der Waals surface area contributed by atoms with Crippen LogP contribution >= 0.6 is 0 Å². The third-order valence-electron chi connectivity index (χ3n) is 6.70. The van der Waals surface area contributed by atoms with Crippen LogP contribution in [0.15, 0.2) is 36.4 Å². The number of rotatable bonds is 8. The second-order valence-electron chi connectivity index (χ2n) is 8.94. The zero-order valence-corrected chi connectivity index (χ0v) is 19.4. The van der Waals surface area contributed by atoms with Gasteiger partial charge in [0.2, 0.25) is 0 Å². The van der Waals surface area contributed by atoms with E-state index >= 15 is 0 Å². The maximum absolute atomic E-state index is 13.3. The maximum atomic E-state index is 13.3. The lowest BCUT2D eigenvalue weighted by molar-refractivity contribution is 0.0917. The number of benzene rings is 1. The number of sulfone groups is 1. The maximum Gasteiger partial charge on any atom is 0.178 e. The highest BCUT2D eigenvalue weighted by atomic mass is 32.2. The van der Waals surface area contributed by atoms with Gasteiger partial charge in [0.05, 0.1) is 23.9 Å². The lowest BCUT2D eigenvalue weighted by Crippen LogP contribution is -2.34. The van der Waals surface area contributed by atoms with E-state index in [2.05, 4.69) is 11.0 Å². The molecule has 2 aliphatic rings. The molecule has 2 bridgehead atoms. The minimum atomic E-state index is -3.03. The molecule has 2 aliphatic heterocycles. The van der Waals surface area contributed by atoms with Crippen molar-refractivity contribution in [2.75, 3.05) is 18.6 Å². The van der Waals surface area contributed by atoms with E-state index in [9.17, 15) is 13.2 Å². The fourth-order valence-electron chi connectivity index (χ4n) is 5.08. The van der Waals surface area contributed by atoms with Gasteiger partial charge in [0, 0.05) is 41.0 Å². The first-order valence-corrected chi connectivity index (χ1v) is 13.2. The van der Waals surface area contributed by atoms with Gasteiger partial charge in [-0.2, -0.15) is 5.26 Å². The molecule has 168 valence electrons. The van der Waals surface area contributed by atoms with E-state index in [1.54, 1.807) is 12.1 Å². The summed E-state index contributed by atoms with van der Waals surface area (Å²) in [6.07, 6.45) is 10.1. The summed E-state index contributed by atoms with van der Waals surface area (Å²) in [6.45, 7) is 2.39. The third kappa shape index (κ3) is 4.72. The number of ketones is 1. The number of aromatic nitrogens is 1. The second-order valence-corrected chi connectivity index (χ2v) is 11.2. The van der Waals surface area contributed by atoms with Crippen molar-refractivity contribution < 1.29 is 13.2 Å². The molecule has 0 unspecified atom stereocenters. The molecule has 0 amide bonds. The molecule has 6 nitrogen and oxygen atoms in total. The molecule has 3 heterocycles. The van der Waals surface area contributed by atoms with E-state index in [0.29, 0.717) is 36.2 Å². The van der Waals surface area contributed by atoms with Crippen molar-refractivity contribution in [3.63, 3.8) is 0 Å². The SMILES string of the molecule is Cc1c(C(=O)CN2C3CCC2CC3)cc(C=CCCS(C)(=O)=O)n1-c1ccc(C#N)cc1. The van der Waals surface area contributed by atoms with E-state index < -0.39 is 9.84 Å². The molecule has 2 aromatic rings. The molecule has 0 aliphatic carbocycles. The van der Waals surface area contributed by atoms with Gasteiger partial charge in [-0.15, -0.1) is 0 Å². The molecule has 0 spiro atoms. The van der Waals surface area contributed by atoms with Gasteiger partial charge >= 0.3 is 0 Å². The second kappa shape index (κ2) is 9.05. The minimum absolute atomic E-state index is 0.0869. The van der Waals surface area contributed by atoms with Gasteiger partial charge in [-0.05, 0) is 75.4 Å². The largest absolute Gasteiger partial charge is 0.314 e. The van der Waals surface area contributed by atoms with Gasteiger partial charge in [0.15, 0.2) is 5.78 Å². The zero-order chi connectivity index (χ0) is 22.9. The Bertz CT molecular complexity index is 1170. The minimum Gasteiger partial charge on any atom is -0.314 e. The first-order chi connectivity index (χ1) is 15.3. The number of hydrogen-bond donors (Lipinski definition) is 0. The van der Waals surface area contributed by atoms with Gasteiger partial charge in [-0.1, -0.05) is 6.08 Å². The Morgan fingerprint density at radius 1 is 1.16 bits per heavy atom. The Hall–Kier alpha value is -2.69. The Morgan fingerprint density at radius 3 is 2.34 bits per heavy atom. The Labute approximate surface area is 190 Å². The standard InChI is InChI=1S/C25H29N3O3S/c1-18-24(25(29)17-27-20-10-11-21(27)13-12-20)15-23(5-3-4-14-32(2,30)31)28(18)22-8-6-19(16-26)7-9-22/h3,5-9,15,20-21H,4,10-14,17H2,1-2H3. The Kier molecular flexibility index (Phi) is 6.36. The van der Waals surface area contributed by atoms with E-state index in [1.807, 2.05) is 41.8 Å². The van der Waals surface area contributed by atoms with Crippen LogP contribution in [0.3, 0.4) is 0 Å². The summed E-state index contributed by atoms with van der Waals surface area (Å²) in [6, 6.07) is 12.4. The van der Waals surface area contributed by atoms with Crippen LogP contribution in [0.5, 0.6) is 0 Å². The van der Waals surface area contributed by atoms with Crippen LogP contribution in [-0.2, 0) is 9.84 Å². The molecular formula is C25H29N3O3S. The highest BCUT2D eigenvalue weighted by Gasteiger charge is 2.40. The molecular weight excluding hydrogens is 422 g/mol. The van der Waals surface area contributed by atoms with Crippen molar-refractivity contribution in [2.45, 2.75) is 51.1 Å². The summed E-state index contributed by atoms with van der Waals surface area (Å²) in [7, 11) is -3.03. The molecule has 1 aromatic heterocycles. The predicted molar refractivity (Wildman–Crippen MR) is 126 cm³/mol.